The SMILES string of the molecule is CC(=O)N[C@@H]1[C@@H](O)[C@H](O[C@@H]2O[C@H](CO)[C@@H](O)[C@H](O)[C@H]2NC(C)=O)[C@@H](CO)O[C@H]1NC(=O)C[C@@H]1NC(=O)[C@@H](Cc2ccccc2)NC(=O)[C@H](Cc2ccccc2)NC(=O)[C@@H]2CCCN2C(=O)[C@@H](Cc2ccccc2)NC(=O)[C@H](CC(C)C)NC(=O)[C@H](CCCN)NC(=O)[C@H](C(C)C)NC(=O)[C@H](Cc2ccc(O)cc2)NC(=O)[C@H](CCC(N)=O)NC1=O. The number of phenolic OH excluding ortho intramolecular Hbond substituents is 1. The van der Waals surface area contributed by atoms with Gasteiger partial charge >= 0.3 is 0 Å². The summed E-state index contributed by atoms with van der Waals surface area (Å²) in [5, 5.41) is 96.7. The van der Waals surface area contributed by atoms with Crippen LogP contribution in [0.15, 0.2) is 115 Å². The molecule has 14 amide bonds. The highest BCUT2D eigenvalue weighted by Gasteiger charge is 2.53. The van der Waals surface area contributed by atoms with Crippen LogP contribution in [-0.2, 0) is 107 Å². The molecule has 20 atom stereocenters. The van der Waals surface area contributed by atoms with Crippen LogP contribution in [0.4, 0.5) is 0 Å². The number of amides is 14. The Bertz CT molecular complexity index is 4180. The first-order valence-electron chi connectivity index (χ1n) is 40.1. The highest BCUT2D eigenvalue weighted by molar-refractivity contribution is 6.01. The van der Waals surface area contributed by atoms with Gasteiger partial charge in [0.1, 0.15) is 115 Å². The highest BCUT2D eigenvalue weighted by Crippen LogP contribution is 2.30. The molecular formula is C82H113N15O23. The largest absolute Gasteiger partial charge is 0.508 e. The number of aliphatic hydroxyl groups is 5. The molecule has 8 rings (SSSR count). The summed E-state index contributed by atoms with van der Waals surface area (Å²) in [4.78, 5) is 207. The molecule has 0 spiro atoms. The molecule has 4 saturated heterocycles. The van der Waals surface area contributed by atoms with Crippen LogP contribution in [0.1, 0.15) is 115 Å². The number of nitrogens with two attached hydrogens (primary N) is 2. The number of primary amides is 1. The van der Waals surface area contributed by atoms with Crippen molar-refractivity contribution in [3.05, 3.63) is 138 Å². The van der Waals surface area contributed by atoms with Crippen molar-refractivity contribution in [3.63, 3.8) is 0 Å². The number of aliphatic hydroxyl groups excluding tert-OH is 5. The normalized spacial score (nSPS) is 28.7. The predicted octanol–water partition coefficient (Wildman–Crippen LogP) is -4.84. The van der Waals surface area contributed by atoms with Crippen LogP contribution >= 0.6 is 0 Å². The van der Waals surface area contributed by atoms with Crippen molar-refractivity contribution in [2.75, 3.05) is 26.3 Å². The van der Waals surface area contributed by atoms with E-state index in [1.54, 1.807) is 119 Å². The van der Waals surface area contributed by atoms with Gasteiger partial charge in [-0.1, -0.05) is 131 Å². The number of fused-ring (bicyclic) bond motifs is 1. The van der Waals surface area contributed by atoms with E-state index in [1.807, 2.05) is 0 Å². The average Bonchev–Trinajstić information content (AvgIpc) is 0.877. The molecule has 4 aromatic rings. The van der Waals surface area contributed by atoms with Gasteiger partial charge in [0, 0.05) is 52.5 Å². The van der Waals surface area contributed by atoms with E-state index in [9.17, 15) is 59.4 Å². The van der Waals surface area contributed by atoms with Crippen LogP contribution in [0.25, 0.3) is 0 Å². The number of phenols is 1. The molecule has 120 heavy (non-hydrogen) atoms. The molecule has 0 saturated carbocycles. The second kappa shape index (κ2) is 45.3. The summed E-state index contributed by atoms with van der Waals surface area (Å²) in [6.45, 7) is 6.88. The van der Waals surface area contributed by atoms with E-state index >= 15 is 38.4 Å². The number of hydrogen-bond donors (Lipinski definition) is 20. The lowest BCUT2D eigenvalue weighted by Crippen LogP contribution is -2.71. The zero-order valence-electron chi connectivity index (χ0n) is 67.7. The van der Waals surface area contributed by atoms with Crippen LogP contribution < -0.4 is 75.3 Å². The number of carbonyl (C=O) groups is 14. The fourth-order valence-electron chi connectivity index (χ4n) is 14.7. The summed E-state index contributed by atoms with van der Waals surface area (Å²) in [6.07, 6.45) is -17.8. The first kappa shape index (κ1) is 94.4. The van der Waals surface area contributed by atoms with Gasteiger partial charge in [0.2, 0.25) is 82.7 Å². The molecule has 0 unspecified atom stereocenters. The predicted molar refractivity (Wildman–Crippen MR) is 428 cm³/mol. The van der Waals surface area contributed by atoms with Crippen LogP contribution in [0, 0.1) is 11.8 Å². The molecule has 4 aromatic carbocycles. The average molecular weight is 1680 g/mol. The van der Waals surface area contributed by atoms with Crippen LogP contribution in [0.5, 0.6) is 5.75 Å². The van der Waals surface area contributed by atoms with Gasteiger partial charge in [0.05, 0.1) is 19.6 Å². The molecule has 38 nitrogen and oxygen atoms in total. The Morgan fingerprint density at radius 2 is 0.950 bits per heavy atom. The van der Waals surface area contributed by atoms with Crippen molar-refractivity contribution in [1.29, 1.82) is 0 Å². The van der Waals surface area contributed by atoms with Crippen molar-refractivity contribution in [3.8, 4) is 5.75 Å². The van der Waals surface area contributed by atoms with Gasteiger partial charge in [-0.05, 0) is 91.3 Å². The Morgan fingerprint density at radius 1 is 0.508 bits per heavy atom. The van der Waals surface area contributed by atoms with Gasteiger partial charge in [-0.25, -0.2) is 0 Å². The number of benzene rings is 4. The Balaban J connectivity index is 1.23. The van der Waals surface area contributed by atoms with Gasteiger partial charge in [-0.15, -0.1) is 0 Å². The molecule has 4 aliphatic heterocycles. The van der Waals surface area contributed by atoms with Crippen molar-refractivity contribution in [2.24, 2.45) is 23.3 Å². The monoisotopic (exact) mass is 1680 g/mol. The third-order valence-electron chi connectivity index (χ3n) is 20.9. The summed E-state index contributed by atoms with van der Waals surface area (Å²) in [5.74, 6) is -15.1. The van der Waals surface area contributed by atoms with E-state index < -0.39 is 249 Å². The maximum absolute atomic E-state index is 15.6. The molecule has 654 valence electrons. The lowest BCUT2D eigenvalue weighted by atomic mass is 9.94. The number of ether oxygens (including phenoxy) is 3. The molecule has 22 N–H and O–H groups in total. The lowest BCUT2D eigenvalue weighted by Gasteiger charge is -2.48. The lowest BCUT2D eigenvalue weighted by molar-refractivity contribution is -0.315. The fourth-order valence-corrected chi connectivity index (χ4v) is 14.7. The molecule has 4 heterocycles. The first-order chi connectivity index (χ1) is 57.1. The standard InChI is InChI=1S/C82H113N15O23/c1-42(2)34-53-73(110)94-58(38-48-22-14-9-15-23-48)81(117)97-33-17-25-59(97)78(115)93-55(36-47-20-12-8-13-21-47)75(112)91-54(35-46-18-10-7-11-19-46)74(111)92-57(39-63(104)95-80-65(85-44(5)100)69(107)70(61(41-99)118-80)120-82-66(86-45(6)101)68(106)67(105)60(40-98)119-82)76(113)87-52(30-31-62(84)103)72(109)90-56(37-49-26-28-50(102)29-27-49)77(114)96-64(43(3)4)79(116)88-51(24-16-32-83)71(108)89-53/h7-15,18-23,26-29,42-43,51-61,64-70,80,82,98-99,102,105-107H,16-17,24-25,30-41,83H2,1-6H3,(H2,84,103)(H,85,100)(H,86,101)(H,87,113)(H,88,116)(H,89,108)(H,90,109)(H,91,112)(H,92,111)(H,93,115)(H,94,110)(H,95,104)(H,96,114)/t51-,52-,53-,54+,55-,56-,57-,58+,59-,60+,61+,64-,65+,66+,67+,68+,69+,70+,80+,82-/m0/s1. The second-order valence-electron chi connectivity index (χ2n) is 31.2. The minimum Gasteiger partial charge on any atom is -0.508 e. The number of carbonyl (C=O) groups excluding carboxylic acids is 14. The zero-order chi connectivity index (χ0) is 87.6. The maximum atomic E-state index is 15.6. The Morgan fingerprint density at radius 3 is 1.46 bits per heavy atom. The number of nitrogens with one attached hydrogen (secondary N) is 12. The molecule has 0 aromatic heterocycles. The van der Waals surface area contributed by atoms with Crippen LogP contribution in [0.3, 0.4) is 0 Å². The Hall–Kier alpha value is -11.1. The third-order valence-corrected chi connectivity index (χ3v) is 20.9. The van der Waals surface area contributed by atoms with Crippen molar-refractivity contribution < 1.29 is 112 Å². The maximum Gasteiger partial charge on any atom is 0.246 e. The topological polar surface area (TPSA) is 588 Å². The minimum absolute atomic E-state index is 0.00277. The van der Waals surface area contributed by atoms with Gasteiger partial charge in [-0.3, -0.25) is 67.1 Å². The second-order valence-corrected chi connectivity index (χ2v) is 31.2. The van der Waals surface area contributed by atoms with Gasteiger partial charge in [0.15, 0.2) is 12.5 Å². The Kier molecular flexibility index (Phi) is 35.7. The summed E-state index contributed by atoms with van der Waals surface area (Å²) in [5.41, 5.74) is 13.5. The highest BCUT2D eigenvalue weighted by atomic mass is 16.7. The van der Waals surface area contributed by atoms with E-state index in [0.717, 1.165) is 13.8 Å². The van der Waals surface area contributed by atoms with E-state index in [0.29, 0.717) is 22.3 Å². The summed E-state index contributed by atoms with van der Waals surface area (Å²) in [6, 6.07) is 10.9. The minimum atomic E-state index is -2.22. The molecule has 0 aliphatic carbocycles. The van der Waals surface area contributed by atoms with Gasteiger partial charge in [0.25, 0.3) is 0 Å². The number of hydrogen-bond acceptors (Lipinski definition) is 24. The Labute approximate surface area is 693 Å². The van der Waals surface area contributed by atoms with Crippen LogP contribution in [0.2, 0.25) is 0 Å². The summed E-state index contributed by atoms with van der Waals surface area (Å²) in [7, 11) is 0. The number of nitrogens with zero attached hydrogens (tertiary/aromatic N) is 1. The molecular weight excluding hydrogens is 1560 g/mol. The smallest absolute Gasteiger partial charge is 0.246 e. The van der Waals surface area contributed by atoms with E-state index in [4.69, 9.17) is 25.7 Å². The van der Waals surface area contributed by atoms with Gasteiger partial charge < -0.3 is 125 Å². The molecule has 0 bridgehead atoms. The van der Waals surface area contributed by atoms with E-state index in [-0.39, 0.29) is 76.1 Å². The van der Waals surface area contributed by atoms with Crippen molar-refractivity contribution >= 4 is 82.7 Å². The first-order valence-corrected chi connectivity index (χ1v) is 40.1. The molecule has 38 heteroatoms. The number of rotatable bonds is 26. The van der Waals surface area contributed by atoms with Crippen LogP contribution in [-0.4, -0.2) is 266 Å². The third kappa shape index (κ3) is 27.2. The quantitative estimate of drug-likeness (QED) is 0.0280. The molecule has 4 fully saturated rings. The zero-order valence-corrected chi connectivity index (χ0v) is 67.7. The van der Waals surface area contributed by atoms with E-state index in [1.165, 1.54) is 29.2 Å². The van der Waals surface area contributed by atoms with Crippen molar-refractivity contribution in [2.45, 2.75) is 240 Å². The van der Waals surface area contributed by atoms with E-state index in [2.05, 4.69) is 63.8 Å². The summed E-state index contributed by atoms with van der Waals surface area (Å²) < 4.78 is 17.9. The van der Waals surface area contributed by atoms with Crippen molar-refractivity contribution in [1.82, 2.24) is 68.7 Å². The van der Waals surface area contributed by atoms with Gasteiger partial charge in [-0.2, -0.15) is 0 Å². The number of aromatic hydroxyl groups is 1. The molecule has 0 radical (unpaired) electrons. The molecule has 4 aliphatic rings. The summed E-state index contributed by atoms with van der Waals surface area (Å²) >= 11 is 0. The fraction of sp³-hybridized carbons (Fsp3) is 0.537.